The van der Waals surface area contributed by atoms with Gasteiger partial charge < -0.3 is 4.74 Å². The number of alkyl halides is 1. The van der Waals surface area contributed by atoms with E-state index < -0.39 is 5.97 Å². The molecule has 27 heavy (non-hydrogen) atoms. The number of aromatic nitrogens is 3. The predicted octanol–water partition coefficient (Wildman–Crippen LogP) is 3.33. The summed E-state index contributed by atoms with van der Waals surface area (Å²) in [5, 5.41) is 8.64. The summed E-state index contributed by atoms with van der Waals surface area (Å²) < 4.78 is 6.99. The van der Waals surface area contributed by atoms with Gasteiger partial charge in [-0.3, -0.25) is 9.69 Å². The molecule has 1 aliphatic heterocycles. The monoisotopic (exact) mass is 394 g/mol. The van der Waals surface area contributed by atoms with Crippen molar-refractivity contribution in [1.82, 2.24) is 15.0 Å². The first kappa shape index (κ1) is 18.7. The number of halogens is 1. The van der Waals surface area contributed by atoms with E-state index in [9.17, 15) is 9.59 Å². The summed E-state index contributed by atoms with van der Waals surface area (Å²) in [7, 11) is 0. The van der Waals surface area contributed by atoms with Crippen molar-refractivity contribution < 1.29 is 14.3 Å². The van der Waals surface area contributed by atoms with Crippen LogP contribution in [-0.2, 0) is 9.53 Å². The molecule has 4 rings (SSSR count). The minimum atomic E-state index is -0.504. The molecule has 2 heterocycles. The van der Waals surface area contributed by atoms with Gasteiger partial charge in [0, 0.05) is 11.9 Å². The van der Waals surface area contributed by atoms with Gasteiger partial charge in [0.1, 0.15) is 0 Å². The lowest BCUT2D eigenvalue weighted by molar-refractivity contribution is -0.126. The SMILES string of the molecule is CCOC(=O)c1nnn2c1N(CC1CCC(Cl)CC1)C(=O)C1CCCCC12. The number of anilines is 1. The molecule has 2 fully saturated rings. The third kappa shape index (κ3) is 3.46. The molecule has 2 unspecified atom stereocenters. The van der Waals surface area contributed by atoms with Crippen molar-refractivity contribution >= 4 is 29.3 Å². The number of rotatable bonds is 4. The number of amides is 1. The Kier molecular flexibility index (Phi) is 5.39. The van der Waals surface area contributed by atoms with Crippen LogP contribution in [0.25, 0.3) is 0 Å². The second-order valence-electron chi connectivity index (χ2n) is 7.95. The number of nitrogens with zero attached hydrogens (tertiary/aromatic N) is 4. The Balaban J connectivity index is 1.68. The first-order chi connectivity index (χ1) is 13.1. The van der Waals surface area contributed by atoms with Gasteiger partial charge in [0.05, 0.1) is 18.6 Å². The first-order valence-electron chi connectivity index (χ1n) is 10.2. The number of hydrogen-bond donors (Lipinski definition) is 0. The van der Waals surface area contributed by atoms with E-state index in [1.54, 1.807) is 11.8 Å². The van der Waals surface area contributed by atoms with E-state index in [1.165, 1.54) is 0 Å². The van der Waals surface area contributed by atoms with Crippen molar-refractivity contribution in [2.45, 2.75) is 69.7 Å². The largest absolute Gasteiger partial charge is 0.461 e. The van der Waals surface area contributed by atoms with Crippen LogP contribution in [0, 0.1) is 11.8 Å². The van der Waals surface area contributed by atoms with Crippen LogP contribution < -0.4 is 4.90 Å². The van der Waals surface area contributed by atoms with E-state index >= 15 is 0 Å². The van der Waals surface area contributed by atoms with Gasteiger partial charge in [0.15, 0.2) is 5.82 Å². The summed E-state index contributed by atoms with van der Waals surface area (Å²) in [5.41, 5.74) is 0.167. The number of carbonyl (C=O) groups excluding carboxylic acids is 2. The van der Waals surface area contributed by atoms with Crippen molar-refractivity contribution in [1.29, 1.82) is 0 Å². The first-order valence-corrected chi connectivity index (χ1v) is 10.6. The highest BCUT2D eigenvalue weighted by molar-refractivity contribution is 6.20. The summed E-state index contributed by atoms with van der Waals surface area (Å²) >= 11 is 6.24. The molecule has 0 radical (unpaired) electrons. The maximum Gasteiger partial charge on any atom is 0.362 e. The highest BCUT2D eigenvalue weighted by Gasteiger charge is 2.45. The zero-order chi connectivity index (χ0) is 19.0. The van der Waals surface area contributed by atoms with Gasteiger partial charge in [-0.05, 0) is 51.4 Å². The van der Waals surface area contributed by atoms with Crippen LogP contribution in [0.4, 0.5) is 5.82 Å². The Labute approximate surface area is 164 Å². The van der Waals surface area contributed by atoms with Crippen molar-refractivity contribution in [2.75, 3.05) is 18.1 Å². The van der Waals surface area contributed by atoms with Crippen LogP contribution in [0.1, 0.15) is 74.8 Å². The number of esters is 1. The number of hydrogen-bond acceptors (Lipinski definition) is 5. The third-order valence-electron chi connectivity index (χ3n) is 6.24. The molecule has 0 aromatic carbocycles. The maximum atomic E-state index is 13.4. The fraction of sp³-hybridized carbons (Fsp3) is 0.789. The smallest absolute Gasteiger partial charge is 0.362 e. The molecule has 2 saturated carbocycles. The average Bonchev–Trinajstić information content (AvgIpc) is 3.12. The van der Waals surface area contributed by atoms with Gasteiger partial charge in [-0.1, -0.05) is 18.1 Å². The molecule has 0 saturated heterocycles. The van der Waals surface area contributed by atoms with Gasteiger partial charge in [-0.15, -0.1) is 16.7 Å². The third-order valence-corrected chi connectivity index (χ3v) is 6.67. The quantitative estimate of drug-likeness (QED) is 0.578. The Morgan fingerprint density at radius 1 is 1.19 bits per heavy atom. The van der Waals surface area contributed by atoms with Gasteiger partial charge >= 0.3 is 5.97 Å². The fourth-order valence-electron chi connectivity index (χ4n) is 4.83. The van der Waals surface area contributed by atoms with Crippen molar-refractivity contribution in [3.63, 3.8) is 0 Å². The van der Waals surface area contributed by atoms with Crippen LogP contribution in [0.5, 0.6) is 0 Å². The standard InChI is InChI=1S/C19H27ClN4O3/c1-2-27-19(26)16-17-23(11-12-7-9-13(20)10-8-12)18(25)14-5-3-4-6-15(14)24(17)22-21-16/h12-15H,2-11H2,1H3. The molecule has 1 aromatic rings. The van der Waals surface area contributed by atoms with E-state index in [1.807, 2.05) is 4.68 Å². The van der Waals surface area contributed by atoms with Crippen molar-refractivity contribution in [3.05, 3.63) is 5.69 Å². The van der Waals surface area contributed by atoms with E-state index in [0.29, 0.717) is 18.3 Å². The van der Waals surface area contributed by atoms with Gasteiger partial charge in [-0.25, -0.2) is 9.48 Å². The van der Waals surface area contributed by atoms with E-state index in [0.717, 1.165) is 51.4 Å². The molecule has 148 valence electrons. The predicted molar refractivity (Wildman–Crippen MR) is 101 cm³/mol. The zero-order valence-electron chi connectivity index (χ0n) is 15.8. The van der Waals surface area contributed by atoms with E-state index in [2.05, 4.69) is 10.3 Å². The average molecular weight is 395 g/mol. The number of carbonyl (C=O) groups is 2. The highest BCUT2D eigenvalue weighted by atomic mass is 35.5. The summed E-state index contributed by atoms with van der Waals surface area (Å²) in [6.07, 6.45) is 7.87. The second kappa shape index (κ2) is 7.78. The lowest BCUT2D eigenvalue weighted by Crippen LogP contribution is -2.49. The molecule has 3 aliphatic rings. The summed E-state index contributed by atoms with van der Waals surface area (Å²) in [6, 6.07) is 0.00625. The van der Waals surface area contributed by atoms with Gasteiger partial charge in [-0.2, -0.15) is 0 Å². The van der Waals surface area contributed by atoms with Crippen LogP contribution in [0.3, 0.4) is 0 Å². The number of fused-ring (bicyclic) bond motifs is 3. The maximum absolute atomic E-state index is 13.4. The van der Waals surface area contributed by atoms with Crippen LogP contribution >= 0.6 is 11.6 Å². The van der Waals surface area contributed by atoms with Crippen LogP contribution in [-0.4, -0.2) is 45.4 Å². The van der Waals surface area contributed by atoms with Gasteiger partial charge in [0.25, 0.3) is 0 Å². The minimum Gasteiger partial charge on any atom is -0.461 e. The summed E-state index contributed by atoms with van der Waals surface area (Å²) in [6.45, 7) is 2.63. The topological polar surface area (TPSA) is 77.3 Å². The molecule has 0 spiro atoms. The lowest BCUT2D eigenvalue weighted by atomic mass is 9.81. The molecular formula is C19H27ClN4O3. The zero-order valence-corrected chi connectivity index (χ0v) is 16.5. The molecular weight excluding hydrogens is 368 g/mol. The molecule has 2 atom stereocenters. The van der Waals surface area contributed by atoms with Gasteiger partial charge in [0.2, 0.25) is 11.6 Å². The number of ether oxygens (including phenoxy) is 1. The highest BCUT2D eigenvalue weighted by Crippen LogP contribution is 2.43. The molecule has 1 aromatic heterocycles. The summed E-state index contributed by atoms with van der Waals surface area (Å²) in [5.74, 6) is 0.479. The minimum absolute atomic E-state index is 0.00625. The molecule has 0 bridgehead atoms. The van der Waals surface area contributed by atoms with Crippen molar-refractivity contribution in [2.24, 2.45) is 11.8 Å². The Morgan fingerprint density at radius 3 is 2.67 bits per heavy atom. The lowest BCUT2D eigenvalue weighted by Gasteiger charge is -2.42. The Bertz CT molecular complexity index is 714. The van der Waals surface area contributed by atoms with E-state index in [-0.39, 0.29) is 35.5 Å². The Morgan fingerprint density at radius 2 is 1.93 bits per heavy atom. The molecule has 7 nitrogen and oxygen atoms in total. The molecule has 0 N–H and O–H groups in total. The fourth-order valence-corrected chi connectivity index (χ4v) is 5.08. The second-order valence-corrected chi connectivity index (χ2v) is 8.57. The molecule has 8 heteroatoms. The molecule has 1 amide bonds. The normalized spacial score (nSPS) is 30.6. The van der Waals surface area contributed by atoms with E-state index in [4.69, 9.17) is 16.3 Å². The van der Waals surface area contributed by atoms with Crippen molar-refractivity contribution in [3.8, 4) is 0 Å². The molecule has 2 aliphatic carbocycles. The van der Waals surface area contributed by atoms with Crippen LogP contribution in [0.2, 0.25) is 0 Å². The summed E-state index contributed by atoms with van der Waals surface area (Å²) in [4.78, 5) is 27.6. The Hall–Kier alpha value is -1.63. The van der Waals surface area contributed by atoms with Crippen LogP contribution in [0.15, 0.2) is 0 Å².